The van der Waals surface area contributed by atoms with Crippen LogP contribution in [0.4, 0.5) is 0 Å². The molecular formula is C23H26N2O5S. The molecule has 0 aliphatic rings. The monoisotopic (exact) mass is 442 g/mol. The lowest BCUT2D eigenvalue weighted by Gasteiger charge is -2.12. The summed E-state index contributed by atoms with van der Waals surface area (Å²) in [6.07, 6.45) is 6.58. The lowest BCUT2D eigenvalue weighted by Crippen LogP contribution is -2.09. The minimum atomic E-state index is -0.962. The molecular weight excluding hydrogens is 416 g/mol. The molecule has 3 aromatic rings. The van der Waals surface area contributed by atoms with E-state index in [1.807, 2.05) is 22.1 Å². The van der Waals surface area contributed by atoms with E-state index in [1.54, 1.807) is 36.5 Å². The van der Waals surface area contributed by atoms with Crippen LogP contribution < -0.4 is 0 Å². The zero-order valence-corrected chi connectivity index (χ0v) is 18.1. The van der Waals surface area contributed by atoms with Crippen molar-refractivity contribution < 1.29 is 25.3 Å². The third kappa shape index (κ3) is 6.37. The van der Waals surface area contributed by atoms with Crippen LogP contribution in [0.5, 0.6) is 0 Å². The summed E-state index contributed by atoms with van der Waals surface area (Å²) < 4.78 is 2.02. The normalized spacial score (nSPS) is 11.2. The minimum Gasteiger partial charge on any atom is -0.478 e. The molecule has 7 nitrogen and oxygen atoms in total. The maximum atomic E-state index is 11.8. The van der Waals surface area contributed by atoms with Crippen LogP contribution in [0.15, 0.2) is 53.5 Å². The van der Waals surface area contributed by atoms with Gasteiger partial charge < -0.3 is 20.3 Å². The highest BCUT2D eigenvalue weighted by Gasteiger charge is 2.14. The van der Waals surface area contributed by atoms with Crippen molar-refractivity contribution in [2.24, 2.45) is 0 Å². The highest BCUT2D eigenvalue weighted by atomic mass is 32.1. The minimum absolute atomic E-state index is 0. The number of carboxylic acids is 2. The predicted octanol–water partition coefficient (Wildman–Crippen LogP) is 3.92. The van der Waals surface area contributed by atoms with Crippen LogP contribution in [0.25, 0.3) is 6.08 Å². The van der Waals surface area contributed by atoms with Crippen LogP contribution in [0.1, 0.15) is 52.1 Å². The standard InChI is InChI=1S/C23H24N2O4S.H2O/c1-2-3-6-21-24-14-19(12-18(23(28)29)13-20-5-4-11-30-20)25(21)15-16-7-9-17(10-8-16)22(26)27;/h4-5,7-12,14H,2-3,6,13,15H2,1H3,(H,26,27)(H,28,29);1H2. The molecule has 0 saturated carbocycles. The molecule has 0 radical (unpaired) electrons. The molecule has 0 unspecified atom stereocenters. The van der Waals surface area contributed by atoms with Gasteiger partial charge in [-0.2, -0.15) is 0 Å². The molecule has 3 rings (SSSR count). The Hall–Kier alpha value is -3.23. The number of carboxylic acid groups (broad SMARTS) is 2. The number of aryl methyl sites for hydroxylation is 1. The summed E-state index contributed by atoms with van der Waals surface area (Å²) in [6.45, 7) is 2.61. The van der Waals surface area contributed by atoms with Gasteiger partial charge in [0, 0.05) is 29.8 Å². The summed E-state index contributed by atoms with van der Waals surface area (Å²) in [5, 5.41) is 20.7. The lowest BCUT2D eigenvalue weighted by atomic mass is 10.1. The van der Waals surface area contributed by atoms with E-state index in [-0.39, 0.29) is 11.0 Å². The van der Waals surface area contributed by atoms with Crippen molar-refractivity contribution in [1.82, 2.24) is 9.55 Å². The van der Waals surface area contributed by atoms with E-state index in [9.17, 15) is 14.7 Å². The average molecular weight is 443 g/mol. The molecule has 0 atom stereocenters. The van der Waals surface area contributed by atoms with Gasteiger partial charge in [0.25, 0.3) is 0 Å². The first-order valence-corrected chi connectivity index (χ1v) is 10.7. The second-order valence-electron chi connectivity index (χ2n) is 7.02. The van der Waals surface area contributed by atoms with Gasteiger partial charge in [0.15, 0.2) is 0 Å². The number of aliphatic carboxylic acids is 1. The number of imidazole rings is 1. The van der Waals surface area contributed by atoms with Crippen molar-refractivity contribution in [3.63, 3.8) is 0 Å². The lowest BCUT2D eigenvalue weighted by molar-refractivity contribution is -0.132. The van der Waals surface area contributed by atoms with Crippen LogP contribution in [-0.4, -0.2) is 37.2 Å². The van der Waals surface area contributed by atoms with E-state index < -0.39 is 11.9 Å². The molecule has 8 heteroatoms. The number of nitrogens with zero attached hydrogens (tertiary/aromatic N) is 2. The Morgan fingerprint density at radius 3 is 2.48 bits per heavy atom. The van der Waals surface area contributed by atoms with Crippen LogP contribution >= 0.6 is 11.3 Å². The average Bonchev–Trinajstić information content (AvgIpc) is 3.37. The Morgan fingerprint density at radius 1 is 1.16 bits per heavy atom. The summed E-state index contributed by atoms with van der Waals surface area (Å²) in [5.41, 5.74) is 2.21. The van der Waals surface area contributed by atoms with Gasteiger partial charge in [0.2, 0.25) is 0 Å². The number of aromatic nitrogens is 2. The van der Waals surface area contributed by atoms with Crippen molar-refractivity contribution in [3.05, 3.63) is 81.1 Å². The Balaban J connectivity index is 0.00000341. The first-order valence-electron chi connectivity index (χ1n) is 9.80. The van der Waals surface area contributed by atoms with Crippen molar-refractivity contribution in [2.45, 2.75) is 39.2 Å². The predicted molar refractivity (Wildman–Crippen MR) is 121 cm³/mol. The summed E-state index contributed by atoms with van der Waals surface area (Å²) >= 11 is 1.53. The molecule has 0 amide bonds. The molecule has 4 N–H and O–H groups in total. The molecule has 31 heavy (non-hydrogen) atoms. The number of hydrogen-bond donors (Lipinski definition) is 2. The van der Waals surface area contributed by atoms with Gasteiger partial charge in [-0.3, -0.25) is 0 Å². The van der Waals surface area contributed by atoms with Crippen LogP contribution in [0, 0.1) is 0 Å². The Bertz CT molecular complexity index is 1040. The van der Waals surface area contributed by atoms with E-state index in [1.165, 1.54) is 11.3 Å². The maximum absolute atomic E-state index is 11.8. The third-order valence-corrected chi connectivity index (χ3v) is 5.68. The molecule has 0 aliphatic heterocycles. The topological polar surface area (TPSA) is 124 Å². The van der Waals surface area contributed by atoms with Gasteiger partial charge in [-0.1, -0.05) is 31.5 Å². The molecule has 2 aromatic heterocycles. The number of benzene rings is 1. The highest BCUT2D eigenvalue weighted by molar-refractivity contribution is 7.09. The van der Waals surface area contributed by atoms with Crippen LogP contribution in [0.3, 0.4) is 0 Å². The Labute approximate surface area is 184 Å². The van der Waals surface area contributed by atoms with E-state index in [0.29, 0.717) is 18.5 Å². The van der Waals surface area contributed by atoms with E-state index >= 15 is 0 Å². The van der Waals surface area contributed by atoms with Crippen molar-refractivity contribution in [1.29, 1.82) is 0 Å². The van der Waals surface area contributed by atoms with E-state index in [4.69, 9.17) is 5.11 Å². The summed E-state index contributed by atoms with van der Waals surface area (Å²) in [4.78, 5) is 28.5. The molecule has 1 aromatic carbocycles. The fourth-order valence-corrected chi connectivity index (χ4v) is 3.89. The van der Waals surface area contributed by atoms with Gasteiger partial charge in [-0.25, -0.2) is 14.6 Å². The SMILES string of the molecule is CCCCc1ncc(C=C(Cc2cccs2)C(=O)O)n1Cc1ccc(C(=O)O)cc1.O. The molecule has 0 aliphatic carbocycles. The van der Waals surface area contributed by atoms with Gasteiger partial charge in [0.1, 0.15) is 5.82 Å². The number of carbonyl (C=O) groups is 2. The van der Waals surface area contributed by atoms with Crippen LogP contribution in [0.2, 0.25) is 0 Å². The van der Waals surface area contributed by atoms with Gasteiger partial charge in [-0.05, 0) is 41.6 Å². The summed E-state index contributed by atoms with van der Waals surface area (Å²) in [7, 11) is 0. The smallest absolute Gasteiger partial charge is 0.335 e. The molecule has 0 fully saturated rings. The molecule has 0 spiro atoms. The largest absolute Gasteiger partial charge is 0.478 e. The first kappa shape index (κ1) is 24.0. The second-order valence-corrected chi connectivity index (χ2v) is 8.05. The van der Waals surface area contributed by atoms with Gasteiger partial charge in [0.05, 0.1) is 17.5 Å². The maximum Gasteiger partial charge on any atom is 0.335 e. The first-order chi connectivity index (χ1) is 14.5. The number of aromatic carboxylic acids is 1. The second kappa shape index (κ2) is 11.2. The van der Waals surface area contributed by atoms with Gasteiger partial charge in [-0.15, -0.1) is 11.3 Å². The quantitative estimate of drug-likeness (QED) is 0.461. The van der Waals surface area contributed by atoms with E-state index in [2.05, 4.69) is 11.9 Å². The van der Waals surface area contributed by atoms with Crippen molar-refractivity contribution >= 4 is 29.4 Å². The number of thiophene rings is 1. The number of rotatable bonds is 10. The van der Waals surface area contributed by atoms with E-state index in [0.717, 1.165) is 41.2 Å². The summed E-state index contributed by atoms with van der Waals surface area (Å²) in [5.74, 6) is -1.01. The zero-order valence-electron chi connectivity index (χ0n) is 17.2. The zero-order chi connectivity index (χ0) is 21.5. The molecule has 2 heterocycles. The third-order valence-electron chi connectivity index (χ3n) is 4.81. The van der Waals surface area contributed by atoms with Crippen LogP contribution in [-0.2, 0) is 24.2 Å². The Kier molecular flexibility index (Phi) is 8.72. The fourth-order valence-electron chi connectivity index (χ4n) is 3.16. The molecule has 164 valence electrons. The van der Waals surface area contributed by atoms with Crippen molar-refractivity contribution in [2.75, 3.05) is 0 Å². The highest BCUT2D eigenvalue weighted by Crippen LogP contribution is 2.20. The van der Waals surface area contributed by atoms with Crippen molar-refractivity contribution in [3.8, 4) is 0 Å². The fraction of sp³-hybridized carbons (Fsp3) is 0.261. The molecule has 0 bridgehead atoms. The number of unbranched alkanes of at least 4 members (excludes halogenated alkanes) is 1. The Morgan fingerprint density at radius 2 is 1.90 bits per heavy atom. The molecule has 0 saturated heterocycles. The van der Waals surface area contributed by atoms with Gasteiger partial charge >= 0.3 is 11.9 Å². The number of hydrogen-bond acceptors (Lipinski definition) is 4. The summed E-state index contributed by atoms with van der Waals surface area (Å²) in [6, 6.07) is 10.6.